The van der Waals surface area contributed by atoms with Gasteiger partial charge in [0.25, 0.3) is 0 Å². The average Bonchev–Trinajstić information content (AvgIpc) is 2.99. The van der Waals surface area contributed by atoms with Gasteiger partial charge in [0.15, 0.2) is 0 Å². The highest BCUT2D eigenvalue weighted by Gasteiger charge is 2.58. The summed E-state index contributed by atoms with van der Waals surface area (Å²) in [4.78, 5) is 31.3. The fourth-order valence-electron chi connectivity index (χ4n) is 7.21. The SMILES string of the molecule is C[C@]12CCC3C(CCN4C(=O)CC(=O)CC[C@]34C)C1CC=C2c1cccnc1. The summed E-state index contributed by atoms with van der Waals surface area (Å²) in [5.41, 5.74) is 2.80. The lowest BCUT2D eigenvalue weighted by atomic mass is 9.52. The number of Topliss-reactive ketones (excluding diaryl/α,β-unsaturated/α-hetero) is 1. The third-order valence-electron chi connectivity index (χ3n) is 8.65. The van der Waals surface area contributed by atoms with E-state index in [0.717, 1.165) is 38.6 Å². The van der Waals surface area contributed by atoms with Gasteiger partial charge in [0.1, 0.15) is 5.78 Å². The van der Waals surface area contributed by atoms with E-state index in [9.17, 15) is 9.59 Å². The molecule has 4 aliphatic rings. The summed E-state index contributed by atoms with van der Waals surface area (Å²) in [6, 6.07) is 4.23. The summed E-state index contributed by atoms with van der Waals surface area (Å²) >= 11 is 0. The smallest absolute Gasteiger partial charge is 0.230 e. The number of carbonyl (C=O) groups is 2. The maximum Gasteiger partial charge on any atom is 0.230 e. The van der Waals surface area contributed by atoms with E-state index in [4.69, 9.17) is 0 Å². The van der Waals surface area contributed by atoms with E-state index in [-0.39, 0.29) is 29.1 Å². The summed E-state index contributed by atoms with van der Waals surface area (Å²) in [6.45, 7) is 5.54. The molecule has 2 aliphatic carbocycles. The van der Waals surface area contributed by atoms with Crippen molar-refractivity contribution < 1.29 is 9.59 Å². The van der Waals surface area contributed by atoms with Gasteiger partial charge in [0.05, 0.1) is 6.42 Å². The number of nitrogens with zero attached hydrogens (tertiary/aromatic N) is 2. The predicted molar refractivity (Wildman–Crippen MR) is 108 cm³/mol. The molecule has 2 aliphatic heterocycles. The molecule has 3 unspecified atom stereocenters. The molecule has 1 aromatic rings. The molecular formula is C24H30N2O2. The lowest BCUT2D eigenvalue weighted by Gasteiger charge is -2.59. The molecule has 28 heavy (non-hydrogen) atoms. The van der Waals surface area contributed by atoms with Crippen molar-refractivity contribution >= 4 is 17.3 Å². The van der Waals surface area contributed by atoms with Crippen LogP contribution in [0, 0.1) is 23.2 Å². The minimum Gasteiger partial charge on any atom is -0.337 e. The zero-order valence-corrected chi connectivity index (χ0v) is 17.0. The Labute approximate surface area is 167 Å². The van der Waals surface area contributed by atoms with Crippen LogP contribution < -0.4 is 0 Å². The van der Waals surface area contributed by atoms with Crippen molar-refractivity contribution in [2.45, 2.75) is 64.3 Å². The highest BCUT2D eigenvalue weighted by atomic mass is 16.2. The van der Waals surface area contributed by atoms with Gasteiger partial charge >= 0.3 is 0 Å². The summed E-state index contributed by atoms with van der Waals surface area (Å²) < 4.78 is 0. The van der Waals surface area contributed by atoms with Gasteiger partial charge in [-0.2, -0.15) is 0 Å². The lowest BCUT2D eigenvalue weighted by molar-refractivity contribution is -0.150. The number of hydrogen-bond acceptors (Lipinski definition) is 3. The van der Waals surface area contributed by atoms with E-state index in [1.165, 1.54) is 11.1 Å². The van der Waals surface area contributed by atoms with Crippen molar-refractivity contribution in [1.82, 2.24) is 9.88 Å². The molecule has 0 bridgehead atoms. The molecule has 0 spiro atoms. The Hall–Kier alpha value is -1.97. The topological polar surface area (TPSA) is 50.3 Å². The minimum absolute atomic E-state index is 0.0670. The highest BCUT2D eigenvalue weighted by Crippen LogP contribution is 2.63. The van der Waals surface area contributed by atoms with Crippen LogP contribution in [-0.2, 0) is 9.59 Å². The number of piperidine rings is 1. The van der Waals surface area contributed by atoms with E-state index in [2.05, 4.69) is 35.9 Å². The van der Waals surface area contributed by atoms with Gasteiger partial charge in [0.2, 0.25) is 5.91 Å². The van der Waals surface area contributed by atoms with Crippen LogP contribution in [0.4, 0.5) is 0 Å². The van der Waals surface area contributed by atoms with Crippen LogP contribution in [0.5, 0.6) is 0 Å². The molecule has 3 fully saturated rings. The quantitative estimate of drug-likeness (QED) is 0.686. The first-order chi connectivity index (χ1) is 13.4. The van der Waals surface area contributed by atoms with E-state index in [1.54, 1.807) is 0 Å². The number of ketones is 1. The molecule has 5 atom stereocenters. The van der Waals surface area contributed by atoms with Crippen LogP contribution >= 0.6 is 0 Å². The second-order valence-electron chi connectivity index (χ2n) is 9.83. The van der Waals surface area contributed by atoms with Crippen LogP contribution in [-0.4, -0.2) is 33.7 Å². The Morgan fingerprint density at radius 2 is 2.00 bits per heavy atom. The standard InChI is InChI=1S/C24H30N2O2/c1-23-10-8-21-18(20(23)6-5-19(23)16-4-3-12-25-15-16)9-13-26-22(28)14-17(27)7-11-24(21,26)2/h3-5,12,15,18,20-21H,6-11,13-14H2,1-2H3/t18?,20?,21?,23-,24-/m1/s1. The molecule has 1 amide bonds. The Balaban J connectivity index is 1.47. The molecular weight excluding hydrogens is 348 g/mol. The number of amides is 1. The van der Waals surface area contributed by atoms with Crippen LogP contribution in [0.3, 0.4) is 0 Å². The van der Waals surface area contributed by atoms with Gasteiger partial charge in [-0.15, -0.1) is 0 Å². The maximum atomic E-state index is 12.8. The van der Waals surface area contributed by atoms with E-state index in [0.29, 0.717) is 24.2 Å². The Bertz CT molecular complexity index is 847. The average molecular weight is 379 g/mol. The predicted octanol–water partition coefficient (Wildman–Crippen LogP) is 4.26. The molecule has 1 aromatic heterocycles. The maximum absolute atomic E-state index is 12.8. The van der Waals surface area contributed by atoms with Crippen molar-refractivity contribution in [3.8, 4) is 0 Å². The molecule has 0 N–H and O–H groups in total. The number of allylic oxidation sites excluding steroid dienone is 2. The second-order valence-corrected chi connectivity index (χ2v) is 9.83. The van der Waals surface area contributed by atoms with Crippen molar-refractivity contribution in [3.05, 3.63) is 36.2 Å². The Morgan fingerprint density at radius 3 is 2.79 bits per heavy atom. The number of carbonyl (C=O) groups excluding carboxylic acids is 2. The summed E-state index contributed by atoms with van der Waals surface area (Å²) in [5.74, 6) is 1.97. The molecule has 4 nitrogen and oxygen atoms in total. The number of hydrogen-bond donors (Lipinski definition) is 0. The van der Waals surface area contributed by atoms with Gasteiger partial charge < -0.3 is 4.90 Å². The van der Waals surface area contributed by atoms with Gasteiger partial charge in [-0.05, 0) is 79.4 Å². The Morgan fingerprint density at radius 1 is 1.14 bits per heavy atom. The van der Waals surface area contributed by atoms with Crippen molar-refractivity contribution in [2.75, 3.05) is 6.54 Å². The summed E-state index contributed by atoms with van der Waals surface area (Å²) in [5, 5.41) is 0. The zero-order chi connectivity index (χ0) is 19.5. The van der Waals surface area contributed by atoms with Crippen molar-refractivity contribution in [3.63, 3.8) is 0 Å². The molecule has 4 heteroatoms. The molecule has 2 saturated heterocycles. The Kier molecular flexibility index (Phi) is 4.05. The van der Waals surface area contributed by atoms with Crippen molar-refractivity contribution in [1.29, 1.82) is 0 Å². The molecule has 3 heterocycles. The third-order valence-corrected chi connectivity index (χ3v) is 8.65. The molecule has 0 radical (unpaired) electrons. The first kappa shape index (κ1) is 18.1. The highest BCUT2D eigenvalue weighted by molar-refractivity contribution is 5.99. The van der Waals surface area contributed by atoms with Crippen LogP contribution in [0.1, 0.15) is 64.4 Å². The normalized spacial score (nSPS) is 40.3. The number of fused-ring (bicyclic) bond motifs is 5. The van der Waals surface area contributed by atoms with Crippen molar-refractivity contribution in [2.24, 2.45) is 23.2 Å². The monoisotopic (exact) mass is 378 g/mol. The lowest BCUT2D eigenvalue weighted by Crippen LogP contribution is -2.62. The first-order valence-corrected chi connectivity index (χ1v) is 10.9. The molecule has 0 aromatic carbocycles. The van der Waals surface area contributed by atoms with Crippen LogP contribution in [0.15, 0.2) is 30.6 Å². The third kappa shape index (κ3) is 2.46. The molecule has 5 rings (SSSR count). The van der Waals surface area contributed by atoms with Gasteiger partial charge in [-0.1, -0.05) is 19.1 Å². The van der Waals surface area contributed by atoms with E-state index >= 15 is 0 Å². The number of rotatable bonds is 1. The summed E-state index contributed by atoms with van der Waals surface area (Å²) in [7, 11) is 0. The number of aromatic nitrogens is 1. The fourth-order valence-corrected chi connectivity index (χ4v) is 7.21. The van der Waals surface area contributed by atoms with Crippen LogP contribution in [0.25, 0.3) is 5.57 Å². The summed E-state index contributed by atoms with van der Waals surface area (Å²) in [6.07, 6.45) is 12.3. The largest absolute Gasteiger partial charge is 0.337 e. The zero-order valence-electron chi connectivity index (χ0n) is 17.0. The minimum atomic E-state index is -0.148. The second kappa shape index (κ2) is 6.27. The van der Waals surface area contributed by atoms with Gasteiger partial charge in [-0.3, -0.25) is 14.6 Å². The van der Waals surface area contributed by atoms with Gasteiger partial charge in [-0.25, -0.2) is 0 Å². The molecule has 1 saturated carbocycles. The van der Waals surface area contributed by atoms with E-state index in [1.807, 2.05) is 18.5 Å². The van der Waals surface area contributed by atoms with E-state index < -0.39 is 0 Å². The van der Waals surface area contributed by atoms with Gasteiger partial charge in [0, 0.05) is 30.9 Å². The molecule has 148 valence electrons. The number of pyridine rings is 1. The fraction of sp³-hybridized carbons (Fsp3) is 0.625. The van der Waals surface area contributed by atoms with Crippen LogP contribution in [0.2, 0.25) is 0 Å². The first-order valence-electron chi connectivity index (χ1n) is 10.9.